The Morgan fingerprint density at radius 1 is 1.11 bits per heavy atom. The topological polar surface area (TPSA) is 41.6 Å². The number of hydrogen-bond acceptors (Lipinski definition) is 3. The van der Waals surface area contributed by atoms with Crippen molar-refractivity contribution < 1.29 is 9.53 Å². The summed E-state index contributed by atoms with van der Waals surface area (Å²) >= 11 is 12.5. The summed E-state index contributed by atoms with van der Waals surface area (Å²) in [7, 11) is 2.13. The van der Waals surface area contributed by atoms with Crippen LogP contribution in [0.5, 0.6) is 5.75 Å². The molecule has 2 aromatic rings. The van der Waals surface area contributed by atoms with Crippen molar-refractivity contribution in [2.45, 2.75) is 30.9 Å². The molecule has 142 valence electrons. The van der Waals surface area contributed by atoms with Crippen LogP contribution in [0, 0.1) is 0 Å². The highest BCUT2D eigenvalue weighted by molar-refractivity contribution is 6.39. The van der Waals surface area contributed by atoms with E-state index in [-0.39, 0.29) is 17.6 Å². The van der Waals surface area contributed by atoms with E-state index in [9.17, 15) is 4.79 Å². The monoisotopic (exact) mass is 404 g/mol. The molecule has 1 fully saturated rings. The van der Waals surface area contributed by atoms with Crippen LogP contribution in [0.1, 0.15) is 41.2 Å². The molecule has 2 aliphatic heterocycles. The van der Waals surface area contributed by atoms with E-state index in [1.165, 1.54) is 0 Å². The summed E-state index contributed by atoms with van der Waals surface area (Å²) in [4.78, 5) is 15.3. The fourth-order valence-corrected chi connectivity index (χ4v) is 4.59. The summed E-state index contributed by atoms with van der Waals surface area (Å²) in [6.07, 6.45) is 2.62. The molecule has 1 spiro atoms. The number of rotatable bonds is 2. The third-order valence-corrected chi connectivity index (χ3v) is 6.22. The van der Waals surface area contributed by atoms with E-state index >= 15 is 0 Å². The van der Waals surface area contributed by atoms with Gasteiger partial charge in [-0.1, -0.05) is 47.5 Å². The van der Waals surface area contributed by atoms with Crippen molar-refractivity contribution in [2.75, 3.05) is 20.1 Å². The minimum absolute atomic E-state index is 0.141. The van der Waals surface area contributed by atoms with Gasteiger partial charge in [-0.25, -0.2) is 0 Å². The fourth-order valence-electron chi connectivity index (χ4n) is 4.02. The lowest BCUT2D eigenvalue weighted by Crippen LogP contribution is -2.51. The number of hydrogen-bond donors (Lipinski definition) is 1. The summed E-state index contributed by atoms with van der Waals surface area (Å²) in [5, 5.41) is 3.87. The highest BCUT2D eigenvalue weighted by Crippen LogP contribution is 2.44. The van der Waals surface area contributed by atoms with Gasteiger partial charge in [0.2, 0.25) is 0 Å². The number of carbonyl (C=O) groups excluding carboxylic acids is 1. The third-order valence-electron chi connectivity index (χ3n) is 5.59. The van der Waals surface area contributed by atoms with Crippen molar-refractivity contribution in [3.63, 3.8) is 0 Å². The molecule has 2 aliphatic rings. The number of amides is 1. The zero-order valence-electron chi connectivity index (χ0n) is 15.2. The quantitative estimate of drug-likeness (QED) is 0.787. The molecule has 1 saturated heterocycles. The molecule has 2 aromatic carbocycles. The Balaban J connectivity index is 1.64. The number of nitrogens with one attached hydrogen (secondary N) is 1. The van der Waals surface area contributed by atoms with Crippen molar-refractivity contribution in [3.05, 3.63) is 63.6 Å². The SMILES string of the molecule is CN1CCC2(CC1)CC(NC(=O)c1c(Cl)cccc1Cl)c1ccccc1O2. The molecule has 1 amide bonds. The fraction of sp³-hybridized carbons (Fsp3) is 0.381. The smallest absolute Gasteiger partial charge is 0.254 e. The Kier molecular flexibility index (Phi) is 5.06. The second-order valence-electron chi connectivity index (χ2n) is 7.45. The molecule has 1 atom stereocenters. The van der Waals surface area contributed by atoms with Crippen molar-refractivity contribution in [1.29, 1.82) is 0 Å². The van der Waals surface area contributed by atoms with Crippen LogP contribution in [0.2, 0.25) is 10.0 Å². The van der Waals surface area contributed by atoms with Crippen molar-refractivity contribution in [1.82, 2.24) is 10.2 Å². The van der Waals surface area contributed by atoms with E-state index in [1.807, 2.05) is 24.3 Å². The number of para-hydroxylation sites is 1. The number of benzene rings is 2. The summed E-state index contributed by atoms with van der Waals surface area (Å²) in [6, 6.07) is 12.9. The van der Waals surface area contributed by atoms with Crippen LogP contribution in [-0.2, 0) is 0 Å². The van der Waals surface area contributed by atoms with Crippen molar-refractivity contribution in [2.24, 2.45) is 0 Å². The average molecular weight is 405 g/mol. The van der Waals surface area contributed by atoms with Gasteiger partial charge >= 0.3 is 0 Å². The van der Waals surface area contributed by atoms with Crippen molar-refractivity contribution in [3.8, 4) is 5.75 Å². The van der Waals surface area contributed by atoms with Gasteiger partial charge < -0.3 is 15.0 Å². The van der Waals surface area contributed by atoms with Crippen LogP contribution in [0.15, 0.2) is 42.5 Å². The minimum atomic E-state index is -0.254. The number of ether oxygens (including phenoxy) is 1. The molecule has 0 aliphatic carbocycles. The zero-order chi connectivity index (χ0) is 19.0. The molecule has 6 heteroatoms. The molecule has 0 bridgehead atoms. The van der Waals surface area contributed by atoms with E-state index in [0.29, 0.717) is 15.6 Å². The Labute approximate surface area is 169 Å². The maximum Gasteiger partial charge on any atom is 0.254 e. The molecule has 1 N–H and O–H groups in total. The van der Waals surface area contributed by atoms with Gasteiger partial charge in [0, 0.05) is 25.1 Å². The first kappa shape index (κ1) is 18.6. The Morgan fingerprint density at radius 3 is 2.48 bits per heavy atom. The van der Waals surface area contributed by atoms with Gasteiger partial charge in [0.1, 0.15) is 11.4 Å². The standard InChI is InChI=1S/C21H22Cl2N2O2/c1-25-11-9-21(10-12-25)13-17(14-5-2-3-8-18(14)27-21)24-20(26)19-15(22)6-4-7-16(19)23/h2-8,17H,9-13H2,1H3,(H,24,26). The molecule has 0 aromatic heterocycles. The Bertz CT molecular complexity index is 843. The molecule has 0 saturated carbocycles. The minimum Gasteiger partial charge on any atom is -0.487 e. The van der Waals surface area contributed by atoms with Crippen molar-refractivity contribution >= 4 is 29.1 Å². The molecule has 4 nitrogen and oxygen atoms in total. The highest BCUT2D eigenvalue weighted by Gasteiger charge is 2.43. The lowest BCUT2D eigenvalue weighted by molar-refractivity contribution is -0.0195. The van der Waals surface area contributed by atoms with Gasteiger partial charge in [-0.05, 0) is 38.1 Å². The number of likely N-dealkylation sites (tertiary alicyclic amines) is 1. The van der Waals surface area contributed by atoms with Gasteiger partial charge in [0.15, 0.2) is 0 Å². The normalized spacial score (nSPS) is 21.4. The van der Waals surface area contributed by atoms with E-state index < -0.39 is 0 Å². The molecular formula is C21H22Cl2N2O2. The van der Waals surface area contributed by atoms with Crippen LogP contribution in [0.4, 0.5) is 0 Å². The summed E-state index contributed by atoms with van der Waals surface area (Å²) in [5.41, 5.74) is 1.07. The number of carbonyl (C=O) groups is 1. The van der Waals surface area contributed by atoms with Crippen LogP contribution in [0.3, 0.4) is 0 Å². The van der Waals surface area contributed by atoms with Gasteiger partial charge in [-0.3, -0.25) is 4.79 Å². The molecule has 4 rings (SSSR count). The number of fused-ring (bicyclic) bond motifs is 1. The van der Waals surface area contributed by atoms with Gasteiger partial charge in [-0.2, -0.15) is 0 Å². The molecule has 1 unspecified atom stereocenters. The van der Waals surface area contributed by atoms with E-state index in [2.05, 4.69) is 17.3 Å². The van der Waals surface area contributed by atoms with Crippen LogP contribution in [-0.4, -0.2) is 36.5 Å². The van der Waals surface area contributed by atoms with Gasteiger partial charge in [0.05, 0.1) is 21.7 Å². The van der Waals surface area contributed by atoms with E-state index in [4.69, 9.17) is 27.9 Å². The predicted molar refractivity (Wildman–Crippen MR) is 108 cm³/mol. The van der Waals surface area contributed by atoms with Crippen LogP contribution in [0.25, 0.3) is 0 Å². The van der Waals surface area contributed by atoms with E-state index in [1.54, 1.807) is 18.2 Å². The largest absolute Gasteiger partial charge is 0.487 e. The van der Waals surface area contributed by atoms with E-state index in [0.717, 1.165) is 43.7 Å². The van der Waals surface area contributed by atoms with Crippen LogP contribution >= 0.6 is 23.2 Å². The molecule has 2 heterocycles. The number of halogens is 2. The second kappa shape index (κ2) is 7.34. The third kappa shape index (κ3) is 3.66. The summed E-state index contributed by atoms with van der Waals surface area (Å²) in [6.45, 7) is 1.97. The maximum absolute atomic E-state index is 13.0. The number of nitrogens with zero attached hydrogens (tertiary/aromatic N) is 1. The molecule has 0 radical (unpaired) electrons. The number of piperidine rings is 1. The second-order valence-corrected chi connectivity index (χ2v) is 8.27. The Morgan fingerprint density at radius 2 is 1.78 bits per heavy atom. The van der Waals surface area contributed by atoms with Gasteiger partial charge in [-0.15, -0.1) is 0 Å². The first-order valence-electron chi connectivity index (χ1n) is 9.19. The zero-order valence-corrected chi connectivity index (χ0v) is 16.7. The molecular weight excluding hydrogens is 383 g/mol. The lowest BCUT2D eigenvalue weighted by Gasteiger charge is -2.46. The highest BCUT2D eigenvalue weighted by atomic mass is 35.5. The van der Waals surface area contributed by atoms with Gasteiger partial charge in [0.25, 0.3) is 5.91 Å². The first-order chi connectivity index (χ1) is 13.0. The average Bonchev–Trinajstić information content (AvgIpc) is 2.64. The molecule has 27 heavy (non-hydrogen) atoms. The van der Waals surface area contributed by atoms with Crippen LogP contribution < -0.4 is 10.1 Å². The maximum atomic E-state index is 13.0. The Hall–Kier alpha value is -1.75. The predicted octanol–water partition coefficient (Wildman–Crippen LogP) is 4.71. The summed E-state index contributed by atoms with van der Waals surface area (Å²) < 4.78 is 6.44. The summed E-state index contributed by atoms with van der Waals surface area (Å²) in [5.74, 6) is 0.597. The lowest BCUT2D eigenvalue weighted by atomic mass is 9.80. The first-order valence-corrected chi connectivity index (χ1v) is 9.94.